The second-order valence-corrected chi connectivity index (χ2v) is 5.37. The molecule has 20 heavy (non-hydrogen) atoms. The predicted molar refractivity (Wildman–Crippen MR) is 78.6 cm³/mol. The Hall–Kier alpha value is -1.49. The third-order valence-electron chi connectivity index (χ3n) is 4.00. The maximum atomic E-state index is 12.1. The van der Waals surface area contributed by atoms with Crippen molar-refractivity contribution >= 4 is 5.91 Å². The van der Waals surface area contributed by atoms with Crippen LogP contribution in [0.15, 0.2) is 12.5 Å². The fourth-order valence-electron chi connectivity index (χ4n) is 2.72. The molecule has 1 aliphatic rings. The molecule has 1 aromatic heterocycles. The molecule has 1 N–H and O–H groups in total. The Kier molecular flexibility index (Phi) is 5.47. The zero-order chi connectivity index (χ0) is 14.4. The smallest absolute Gasteiger partial charge is 0.254 e. The van der Waals surface area contributed by atoms with Crippen LogP contribution in [0.4, 0.5) is 0 Å². The van der Waals surface area contributed by atoms with Gasteiger partial charge in [0, 0.05) is 25.3 Å². The average molecular weight is 276 g/mol. The van der Waals surface area contributed by atoms with Gasteiger partial charge in [-0.05, 0) is 32.7 Å². The molecule has 1 aromatic rings. The quantitative estimate of drug-likeness (QED) is 0.888. The third-order valence-corrected chi connectivity index (χ3v) is 4.00. The fourth-order valence-corrected chi connectivity index (χ4v) is 2.72. The molecule has 0 spiro atoms. The van der Waals surface area contributed by atoms with Gasteiger partial charge in [-0.3, -0.25) is 9.69 Å². The summed E-state index contributed by atoms with van der Waals surface area (Å²) in [5.41, 5.74) is 1.41. The van der Waals surface area contributed by atoms with Crippen LogP contribution in [0.3, 0.4) is 0 Å². The Morgan fingerprint density at radius 1 is 1.50 bits per heavy atom. The second-order valence-electron chi connectivity index (χ2n) is 5.37. The van der Waals surface area contributed by atoms with Gasteiger partial charge in [-0.15, -0.1) is 0 Å². The van der Waals surface area contributed by atoms with E-state index in [2.05, 4.69) is 27.1 Å². The first-order chi connectivity index (χ1) is 9.72. The Labute approximate surface area is 120 Å². The van der Waals surface area contributed by atoms with Crippen LogP contribution in [0.5, 0.6) is 0 Å². The molecule has 1 aliphatic heterocycles. The Morgan fingerprint density at radius 3 is 3.10 bits per heavy atom. The summed E-state index contributed by atoms with van der Waals surface area (Å²) < 4.78 is 0. The first kappa shape index (κ1) is 14.9. The maximum Gasteiger partial charge on any atom is 0.254 e. The van der Waals surface area contributed by atoms with Crippen LogP contribution >= 0.6 is 0 Å². The molecule has 0 saturated carbocycles. The van der Waals surface area contributed by atoms with Crippen molar-refractivity contribution in [1.29, 1.82) is 0 Å². The number of rotatable bonds is 5. The summed E-state index contributed by atoms with van der Waals surface area (Å²) in [4.78, 5) is 22.7. The molecule has 1 fully saturated rings. The largest absolute Gasteiger partial charge is 0.351 e. The zero-order valence-corrected chi connectivity index (χ0v) is 12.4. The topological polar surface area (TPSA) is 58.1 Å². The molecule has 1 atom stereocenters. The van der Waals surface area contributed by atoms with Gasteiger partial charge in [-0.25, -0.2) is 9.97 Å². The summed E-state index contributed by atoms with van der Waals surface area (Å²) >= 11 is 0. The molecule has 0 bridgehead atoms. The Morgan fingerprint density at radius 2 is 2.35 bits per heavy atom. The Bertz CT molecular complexity index is 449. The van der Waals surface area contributed by atoms with Crippen LogP contribution in [0.1, 0.15) is 49.2 Å². The van der Waals surface area contributed by atoms with Crippen molar-refractivity contribution in [3.63, 3.8) is 0 Å². The molecule has 0 aromatic carbocycles. The molecule has 0 unspecified atom stereocenters. The standard InChI is InChI=1S/C15H24N4O/c1-3-14-13(10-16-11-18-14)15(20)17-7-9-19-8-5-4-6-12(19)2/h10-12H,3-9H2,1-2H3,(H,17,20)/t12-/m1/s1. The van der Waals surface area contributed by atoms with Gasteiger partial charge in [-0.1, -0.05) is 13.3 Å². The lowest BCUT2D eigenvalue weighted by molar-refractivity contribution is 0.0936. The highest BCUT2D eigenvalue weighted by atomic mass is 16.1. The molecular formula is C15H24N4O. The van der Waals surface area contributed by atoms with Crippen LogP contribution in [-0.4, -0.2) is 46.5 Å². The minimum Gasteiger partial charge on any atom is -0.351 e. The number of hydrogen-bond donors (Lipinski definition) is 1. The SMILES string of the molecule is CCc1ncncc1C(=O)NCCN1CCCC[C@H]1C. The minimum absolute atomic E-state index is 0.0629. The lowest BCUT2D eigenvalue weighted by atomic mass is 10.0. The van der Waals surface area contributed by atoms with E-state index in [0.717, 1.165) is 25.2 Å². The van der Waals surface area contributed by atoms with Crippen LogP contribution in [0.2, 0.25) is 0 Å². The van der Waals surface area contributed by atoms with Gasteiger partial charge in [0.15, 0.2) is 0 Å². The van der Waals surface area contributed by atoms with Crippen LogP contribution in [-0.2, 0) is 6.42 Å². The molecule has 1 amide bonds. The van der Waals surface area contributed by atoms with E-state index >= 15 is 0 Å². The van der Waals surface area contributed by atoms with Gasteiger partial charge in [0.1, 0.15) is 6.33 Å². The minimum atomic E-state index is -0.0629. The molecule has 1 saturated heterocycles. The van der Waals surface area contributed by atoms with E-state index in [1.807, 2.05) is 6.92 Å². The lowest BCUT2D eigenvalue weighted by Gasteiger charge is -2.33. The van der Waals surface area contributed by atoms with Gasteiger partial charge in [0.25, 0.3) is 5.91 Å². The molecule has 0 aliphatic carbocycles. The van der Waals surface area contributed by atoms with Crippen LogP contribution < -0.4 is 5.32 Å². The van der Waals surface area contributed by atoms with Crippen molar-refractivity contribution in [2.75, 3.05) is 19.6 Å². The maximum absolute atomic E-state index is 12.1. The molecule has 0 radical (unpaired) electrons. The number of aromatic nitrogens is 2. The number of carbonyl (C=O) groups excluding carboxylic acids is 1. The van der Waals surface area contributed by atoms with Crippen molar-refractivity contribution in [3.05, 3.63) is 23.8 Å². The molecule has 5 nitrogen and oxygen atoms in total. The number of aryl methyl sites for hydroxylation is 1. The van der Waals surface area contributed by atoms with E-state index < -0.39 is 0 Å². The van der Waals surface area contributed by atoms with E-state index in [0.29, 0.717) is 18.2 Å². The number of likely N-dealkylation sites (tertiary alicyclic amines) is 1. The number of carbonyl (C=O) groups is 1. The van der Waals surface area contributed by atoms with Gasteiger partial charge < -0.3 is 5.32 Å². The summed E-state index contributed by atoms with van der Waals surface area (Å²) in [6.45, 7) is 7.00. The molecular weight excluding hydrogens is 252 g/mol. The number of nitrogens with zero attached hydrogens (tertiary/aromatic N) is 3. The summed E-state index contributed by atoms with van der Waals surface area (Å²) in [6, 6.07) is 0.631. The average Bonchev–Trinajstić information content (AvgIpc) is 2.49. The van der Waals surface area contributed by atoms with Gasteiger partial charge >= 0.3 is 0 Å². The Balaban J connectivity index is 1.83. The second kappa shape index (κ2) is 7.33. The van der Waals surface area contributed by atoms with Crippen LogP contribution in [0, 0.1) is 0 Å². The summed E-state index contributed by atoms with van der Waals surface area (Å²) in [5.74, 6) is -0.0629. The number of amides is 1. The monoisotopic (exact) mass is 276 g/mol. The first-order valence-electron chi connectivity index (χ1n) is 7.53. The highest BCUT2D eigenvalue weighted by Crippen LogP contribution is 2.15. The van der Waals surface area contributed by atoms with Crippen molar-refractivity contribution in [2.24, 2.45) is 0 Å². The highest BCUT2D eigenvalue weighted by molar-refractivity contribution is 5.94. The molecule has 2 rings (SSSR count). The third kappa shape index (κ3) is 3.76. The van der Waals surface area contributed by atoms with Crippen molar-refractivity contribution in [3.8, 4) is 0 Å². The van der Waals surface area contributed by atoms with Gasteiger partial charge in [0.05, 0.1) is 11.3 Å². The number of hydrogen-bond acceptors (Lipinski definition) is 4. The fraction of sp³-hybridized carbons (Fsp3) is 0.667. The van der Waals surface area contributed by atoms with Crippen molar-refractivity contribution in [2.45, 2.75) is 45.6 Å². The molecule has 110 valence electrons. The number of nitrogens with one attached hydrogen (secondary N) is 1. The van der Waals surface area contributed by atoms with E-state index in [9.17, 15) is 4.79 Å². The summed E-state index contributed by atoms with van der Waals surface area (Å²) in [7, 11) is 0. The zero-order valence-electron chi connectivity index (χ0n) is 12.4. The van der Waals surface area contributed by atoms with E-state index in [4.69, 9.17) is 0 Å². The number of piperidine rings is 1. The van der Waals surface area contributed by atoms with E-state index in [1.54, 1.807) is 6.20 Å². The van der Waals surface area contributed by atoms with E-state index in [-0.39, 0.29) is 5.91 Å². The molecule has 5 heteroatoms. The predicted octanol–water partition coefficient (Wildman–Crippen LogP) is 1.64. The molecule has 2 heterocycles. The van der Waals surface area contributed by atoms with Gasteiger partial charge in [-0.2, -0.15) is 0 Å². The van der Waals surface area contributed by atoms with Crippen molar-refractivity contribution in [1.82, 2.24) is 20.2 Å². The summed E-state index contributed by atoms with van der Waals surface area (Å²) in [6.07, 6.45) is 7.70. The van der Waals surface area contributed by atoms with Crippen LogP contribution in [0.25, 0.3) is 0 Å². The van der Waals surface area contributed by atoms with Gasteiger partial charge in [0.2, 0.25) is 0 Å². The van der Waals surface area contributed by atoms with E-state index in [1.165, 1.54) is 25.6 Å². The van der Waals surface area contributed by atoms with Crippen molar-refractivity contribution < 1.29 is 4.79 Å². The normalized spacial score (nSPS) is 19.8. The summed E-state index contributed by atoms with van der Waals surface area (Å²) in [5, 5.41) is 2.98. The first-order valence-corrected chi connectivity index (χ1v) is 7.53. The highest BCUT2D eigenvalue weighted by Gasteiger charge is 2.18. The lowest BCUT2D eigenvalue weighted by Crippen LogP contribution is -2.42.